The molecule has 0 aromatic carbocycles. The van der Waals surface area contributed by atoms with Crippen LogP contribution in [0.1, 0.15) is 194 Å². The molecule has 0 aromatic heterocycles. The Morgan fingerprint density at radius 1 is 0.520 bits per heavy atom. The van der Waals surface area contributed by atoms with Crippen molar-refractivity contribution in [2.45, 2.75) is 200 Å². The minimum atomic E-state index is -0.516. The first-order valence-electron chi connectivity index (χ1n) is 21.0. The molecule has 0 bridgehead atoms. The molecular weight excluding hydrogens is 630 g/mol. The summed E-state index contributed by atoms with van der Waals surface area (Å²) < 4.78 is 16.2. The molecule has 0 spiro atoms. The highest BCUT2D eigenvalue weighted by molar-refractivity contribution is 5.91. The van der Waals surface area contributed by atoms with Gasteiger partial charge in [-0.05, 0) is 70.9 Å². The smallest absolute Gasteiger partial charge is 0.331 e. The predicted octanol–water partition coefficient (Wildman–Crippen LogP) is 10.4. The Morgan fingerprint density at radius 2 is 0.920 bits per heavy atom. The third-order valence-electron chi connectivity index (χ3n) is 9.29. The zero-order valence-corrected chi connectivity index (χ0v) is 32.9. The molecule has 1 N–H and O–H groups in total. The number of carbonyl (C=O) groups excluding carboxylic acids is 3. The van der Waals surface area contributed by atoms with Gasteiger partial charge in [0.25, 0.3) is 0 Å². The van der Waals surface area contributed by atoms with Gasteiger partial charge in [-0.1, -0.05) is 130 Å². The predicted molar refractivity (Wildman–Crippen MR) is 206 cm³/mol. The van der Waals surface area contributed by atoms with Gasteiger partial charge in [-0.3, -0.25) is 4.79 Å². The molecule has 50 heavy (non-hydrogen) atoms. The topological polar surface area (TPSA) is 102 Å². The van der Waals surface area contributed by atoms with Crippen LogP contribution in [0.3, 0.4) is 0 Å². The fourth-order valence-corrected chi connectivity index (χ4v) is 6.14. The van der Waals surface area contributed by atoms with Crippen molar-refractivity contribution in [2.24, 2.45) is 0 Å². The van der Waals surface area contributed by atoms with Gasteiger partial charge < -0.3 is 24.2 Å². The summed E-state index contributed by atoms with van der Waals surface area (Å²) in [4.78, 5) is 38.4. The quantitative estimate of drug-likeness (QED) is 0.0292. The Kier molecular flexibility index (Phi) is 36.8. The van der Waals surface area contributed by atoms with Crippen molar-refractivity contribution in [1.82, 2.24) is 4.90 Å². The number of rotatable bonds is 38. The first-order valence-corrected chi connectivity index (χ1v) is 21.0. The van der Waals surface area contributed by atoms with Crippen LogP contribution in [0.15, 0.2) is 12.2 Å². The molecule has 1 unspecified atom stereocenters. The van der Waals surface area contributed by atoms with Crippen molar-refractivity contribution < 1.29 is 33.7 Å². The standard InChI is InChI=1S/C42H79NO7/c1-4-7-10-13-16-22-29-39(28-21-15-11-8-5-2)50-42(47)30-23-17-14-18-24-33-43(35-36-44)34-25-19-20-27-38-49-41(46)32-31-40(45)48-37-26-12-9-6-3/h31-32,39,44H,4-30,33-38H2,1-3H3/b32-31-. The van der Waals surface area contributed by atoms with Gasteiger partial charge in [-0.2, -0.15) is 0 Å². The molecular formula is C42H79NO7. The molecule has 0 aliphatic carbocycles. The van der Waals surface area contributed by atoms with Gasteiger partial charge >= 0.3 is 17.9 Å². The Balaban J connectivity index is 4.01. The summed E-state index contributed by atoms with van der Waals surface area (Å²) in [7, 11) is 0. The van der Waals surface area contributed by atoms with Gasteiger partial charge in [0, 0.05) is 25.1 Å². The SMILES string of the molecule is CCCCCCCCC(CCCCCCC)OC(=O)CCCCCCCN(CCO)CCCCCCOC(=O)/C=C\C(=O)OCCCCCC. The number of aliphatic hydroxyl groups excluding tert-OH is 1. The minimum Gasteiger partial charge on any atom is -0.463 e. The Hall–Kier alpha value is -1.93. The summed E-state index contributed by atoms with van der Waals surface area (Å²) in [6, 6.07) is 0. The summed E-state index contributed by atoms with van der Waals surface area (Å²) in [5.41, 5.74) is 0. The molecule has 0 saturated heterocycles. The molecule has 8 nitrogen and oxygen atoms in total. The number of unbranched alkanes of at least 4 members (excludes halogenated alkanes) is 19. The van der Waals surface area contributed by atoms with Crippen LogP contribution in [0, 0.1) is 0 Å². The fraction of sp³-hybridized carbons (Fsp3) is 0.881. The lowest BCUT2D eigenvalue weighted by molar-refractivity contribution is -0.150. The normalized spacial score (nSPS) is 12.1. The van der Waals surface area contributed by atoms with Gasteiger partial charge in [-0.25, -0.2) is 9.59 Å². The molecule has 1 atom stereocenters. The van der Waals surface area contributed by atoms with Crippen molar-refractivity contribution in [3.8, 4) is 0 Å². The van der Waals surface area contributed by atoms with E-state index in [1.165, 1.54) is 64.2 Å². The van der Waals surface area contributed by atoms with Crippen molar-refractivity contribution in [3.05, 3.63) is 12.2 Å². The van der Waals surface area contributed by atoms with Crippen LogP contribution < -0.4 is 0 Å². The molecule has 0 heterocycles. The first kappa shape index (κ1) is 48.1. The Labute approximate surface area is 307 Å². The van der Waals surface area contributed by atoms with E-state index in [1.54, 1.807) is 0 Å². The zero-order valence-electron chi connectivity index (χ0n) is 32.9. The van der Waals surface area contributed by atoms with E-state index in [0.717, 1.165) is 128 Å². The number of carbonyl (C=O) groups is 3. The highest BCUT2D eigenvalue weighted by atomic mass is 16.5. The summed E-state index contributed by atoms with van der Waals surface area (Å²) in [5.74, 6) is -1.03. The highest BCUT2D eigenvalue weighted by Crippen LogP contribution is 2.18. The first-order chi connectivity index (χ1) is 24.5. The van der Waals surface area contributed by atoms with Crippen molar-refractivity contribution in [2.75, 3.05) is 39.5 Å². The molecule has 8 heteroatoms. The Morgan fingerprint density at radius 3 is 1.40 bits per heavy atom. The molecule has 0 saturated carbocycles. The van der Waals surface area contributed by atoms with Gasteiger partial charge in [-0.15, -0.1) is 0 Å². The van der Waals surface area contributed by atoms with E-state index in [1.807, 2.05) is 0 Å². The second-order valence-corrected chi connectivity index (χ2v) is 14.1. The van der Waals surface area contributed by atoms with Crippen LogP contribution in [0.5, 0.6) is 0 Å². The fourth-order valence-electron chi connectivity index (χ4n) is 6.14. The van der Waals surface area contributed by atoms with Crippen LogP contribution in [0.25, 0.3) is 0 Å². The largest absolute Gasteiger partial charge is 0.463 e. The van der Waals surface area contributed by atoms with E-state index in [-0.39, 0.29) is 18.7 Å². The van der Waals surface area contributed by atoms with Crippen LogP contribution in [-0.2, 0) is 28.6 Å². The lowest BCUT2D eigenvalue weighted by atomic mass is 10.0. The van der Waals surface area contributed by atoms with Crippen LogP contribution >= 0.6 is 0 Å². The maximum absolute atomic E-state index is 12.6. The van der Waals surface area contributed by atoms with Crippen molar-refractivity contribution >= 4 is 17.9 Å². The molecule has 0 fully saturated rings. The van der Waals surface area contributed by atoms with E-state index in [0.29, 0.717) is 26.2 Å². The van der Waals surface area contributed by atoms with E-state index in [4.69, 9.17) is 14.2 Å². The Bertz CT molecular complexity index is 803. The van der Waals surface area contributed by atoms with Crippen LogP contribution in [0.4, 0.5) is 0 Å². The van der Waals surface area contributed by atoms with Crippen LogP contribution in [-0.4, -0.2) is 73.5 Å². The summed E-state index contributed by atoms with van der Waals surface area (Å²) in [6.45, 7) is 10.1. The molecule has 0 amide bonds. The van der Waals surface area contributed by atoms with Gasteiger partial charge in [0.15, 0.2) is 0 Å². The average Bonchev–Trinajstić information content (AvgIpc) is 3.10. The van der Waals surface area contributed by atoms with Crippen molar-refractivity contribution in [1.29, 1.82) is 0 Å². The zero-order chi connectivity index (χ0) is 36.8. The van der Waals surface area contributed by atoms with E-state index in [9.17, 15) is 19.5 Å². The van der Waals surface area contributed by atoms with E-state index < -0.39 is 11.9 Å². The molecule has 0 rings (SSSR count). The molecule has 0 aliphatic heterocycles. The maximum atomic E-state index is 12.6. The summed E-state index contributed by atoms with van der Waals surface area (Å²) in [5, 5.41) is 9.51. The lowest BCUT2D eigenvalue weighted by Gasteiger charge is -2.21. The third kappa shape index (κ3) is 34.5. The van der Waals surface area contributed by atoms with Crippen molar-refractivity contribution in [3.63, 3.8) is 0 Å². The second-order valence-electron chi connectivity index (χ2n) is 14.1. The van der Waals surface area contributed by atoms with Crippen LogP contribution in [0.2, 0.25) is 0 Å². The number of esters is 3. The monoisotopic (exact) mass is 710 g/mol. The van der Waals surface area contributed by atoms with Gasteiger partial charge in [0.2, 0.25) is 0 Å². The number of hydrogen-bond acceptors (Lipinski definition) is 8. The molecule has 0 aromatic rings. The lowest BCUT2D eigenvalue weighted by Crippen LogP contribution is -2.29. The summed E-state index contributed by atoms with van der Waals surface area (Å²) >= 11 is 0. The maximum Gasteiger partial charge on any atom is 0.331 e. The molecule has 294 valence electrons. The number of aliphatic hydroxyl groups is 1. The second kappa shape index (κ2) is 38.3. The average molecular weight is 710 g/mol. The minimum absolute atomic E-state index is 0.0101. The van der Waals surface area contributed by atoms with Gasteiger partial charge in [0.05, 0.1) is 19.8 Å². The summed E-state index contributed by atoms with van der Waals surface area (Å²) in [6.07, 6.45) is 32.1. The number of nitrogens with zero attached hydrogens (tertiary/aromatic N) is 1. The third-order valence-corrected chi connectivity index (χ3v) is 9.29. The number of ether oxygens (including phenoxy) is 3. The number of hydrogen-bond donors (Lipinski definition) is 1. The van der Waals surface area contributed by atoms with E-state index >= 15 is 0 Å². The van der Waals surface area contributed by atoms with Gasteiger partial charge in [0.1, 0.15) is 6.10 Å². The molecule has 0 radical (unpaired) electrons. The molecule has 0 aliphatic rings. The highest BCUT2D eigenvalue weighted by Gasteiger charge is 2.14. The van der Waals surface area contributed by atoms with E-state index in [2.05, 4.69) is 25.7 Å².